The number of hydrogen-bond donors (Lipinski definition) is 0. The number of hydrogen-bond acceptors (Lipinski definition) is 4. The highest BCUT2D eigenvalue weighted by Crippen LogP contribution is 2.57. The average Bonchev–Trinajstić information content (AvgIpc) is 3.37. The number of nitrogens with zero attached hydrogens (tertiary/aromatic N) is 5. The molecule has 0 amide bonds. The summed E-state index contributed by atoms with van der Waals surface area (Å²) in [6.07, 6.45) is 0. The van der Waals surface area contributed by atoms with Gasteiger partial charge < -0.3 is 9.64 Å². The van der Waals surface area contributed by atoms with Crippen LogP contribution in [-0.4, -0.2) is 0 Å². The van der Waals surface area contributed by atoms with Gasteiger partial charge in [0.25, 0.3) is 0 Å². The Morgan fingerprint density at radius 3 is 1.05 bits per heavy atom. The third-order valence-electron chi connectivity index (χ3n) is 11.7. The molecule has 0 unspecified atom stereocenters. The maximum Gasteiger partial charge on any atom is 0.187 e. The predicted molar refractivity (Wildman–Crippen MR) is 261 cm³/mol. The second kappa shape index (κ2) is 16.9. The van der Waals surface area contributed by atoms with Crippen molar-refractivity contribution in [2.75, 3.05) is 4.90 Å². The van der Waals surface area contributed by atoms with Crippen LogP contribution in [0, 0.1) is 35.8 Å². The van der Waals surface area contributed by atoms with Crippen molar-refractivity contribution in [3.05, 3.63) is 233 Å². The van der Waals surface area contributed by atoms with E-state index in [9.17, 15) is 10.5 Å². The van der Waals surface area contributed by atoms with E-state index in [4.69, 9.17) is 29.5 Å². The van der Waals surface area contributed by atoms with Gasteiger partial charge in [-0.25, -0.2) is 9.69 Å². The summed E-state index contributed by atoms with van der Waals surface area (Å²) < 4.78 is 6.36. The van der Waals surface area contributed by atoms with Gasteiger partial charge in [0.15, 0.2) is 22.9 Å². The first-order valence-corrected chi connectivity index (χ1v) is 21.1. The van der Waals surface area contributed by atoms with Crippen molar-refractivity contribution in [1.29, 1.82) is 10.5 Å². The largest absolute Gasteiger partial charge is 0.453 e. The first-order chi connectivity index (χ1) is 32.0. The molecule has 0 spiro atoms. The highest BCUT2D eigenvalue weighted by Gasteiger charge is 2.30. The molecule has 0 aliphatic carbocycles. The average molecular weight is 850 g/mol. The lowest BCUT2D eigenvalue weighted by molar-refractivity contribution is 0.477. The molecular formula is C58H32ClN5O. The standard InChI is InChI=1S/C58H32ClN5O/c1-62-46-29-21-42(22-30-46)56-53(39-15-11-37(35-60)12-16-39)55(41-19-27-45(59)28-20-41)58(54(40-17-13-38(36-61)14-18-40)57(56)43-23-31-47(63-2)32-24-43)44-25-33-48(34-26-44)64-49-7-3-5-9-51(49)65-52-10-6-4-8-50(52)64/h3-34H. The third kappa shape index (κ3) is 7.30. The summed E-state index contributed by atoms with van der Waals surface area (Å²) in [6.45, 7) is 15.6. The van der Waals surface area contributed by atoms with Gasteiger partial charge in [0.2, 0.25) is 0 Å². The molecule has 0 atom stereocenters. The van der Waals surface area contributed by atoms with E-state index in [0.717, 1.165) is 95.3 Å². The molecule has 0 saturated heterocycles. The fourth-order valence-electron chi connectivity index (χ4n) is 8.69. The number of rotatable bonds is 7. The molecule has 10 rings (SSSR count). The molecule has 9 aromatic rings. The molecule has 0 fully saturated rings. The van der Waals surface area contributed by atoms with Crippen molar-refractivity contribution in [3.63, 3.8) is 0 Å². The van der Waals surface area contributed by atoms with Gasteiger partial charge in [-0.2, -0.15) is 10.5 Å². The second-order valence-corrected chi connectivity index (χ2v) is 15.8. The van der Waals surface area contributed by atoms with Crippen molar-refractivity contribution >= 4 is 40.0 Å². The summed E-state index contributed by atoms with van der Waals surface area (Å²) in [5, 5.41) is 20.5. The molecule has 1 heterocycles. The minimum absolute atomic E-state index is 0.504. The Kier molecular flexibility index (Phi) is 10.4. The molecule has 0 N–H and O–H groups in total. The predicted octanol–water partition coefficient (Wildman–Crippen LogP) is 16.8. The Morgan fingerprint density at radius 2 is 0.708 bits per heavy atom. The van der Waals surface area contributed by atoms with Crippen LogP contribution in [0.3, 0.4) is 0 Å². The second-order valence-electron chi connectivity index (χ2n) is 15.4. The van der Waals surface area contributed by atoms with Crippen LogP contribution < -0.4 is 9.64 Å². The van der Waals surface area contributed by atoms with Crippen LogP contribution in [0.4, 0.5) is 28.4 Å². The Balaban J connectivity index is 1.38. The zero-order valence-electron chi connectivity index (χ0n) is 34.5. The van der Waals surface area contributed by atoms with Gasteiger partial charge in [-0.3, -0.25) is 0 Å². The zero-order chi connectivity index (χ0) is 44.4. The Hall–Kier alpha value is -9.17. The lowest BCUT2D eigenvalue weighted by atomic mass is 9.74. The van der Waals surface area contributed by atoms with Crippen molar-refractivity contribution < 1.29 is 4.74 Å². The topological polar surface area (TPSA) is 68.8 Å². The van der Waals surface area contributed by atoms with Gasteiger partial charge in [-0.15, -0.1) is 0 Å². The van der Waals surface area contributed by atoms with Crippen molar-refractivity contribution in [3.8, 4) is 90.4 Å². The van der Waals surface area contributed by atoms with Gasteiger partial charge in [-0.05, 0) is 140 Å². The van der Waals surface area contributed by atoms with E-state index in [-0.39, 0.29) is 0 Å². The number of fused-ring (bicyclic) bond motifs is 2. The SMILES string of the molecule is [C-]#[N+]c1ccc(-c2c(-c3ccc(C#N)cc3)c(-c3ccc(Cl)cc3)c(-c3ccc(N4c5ccccc5Oc5ccccc54)cc3)c(-c3ccc(C#N)cc3)c2-c2ccc([N+]#[C-])cc2)cc1. The van der Waals surface area contributed by atoms with E-state index < -0.39 is 0 Å². The Morgan fingerprint density at radius 1 is 0.400 bits per heavy atom. The number of halogens is 1. The van der Waals surface area contributed by atoms with Crippen LogP contribution in [0.25, 0.3) is 76.5 Å². The zero-order valence-corrected chi connectivity index (χ0v) is 35.3. The molecule has 7 heteroatoms. The van der Waals surface area contributed by atoms with E-state index in [1.54, 1.807) is 0 Å². The molecule has 0 aromatic heterocycles. The van der Waals surface area contributed by atoms with E-state index >= 15 is 0 Å². The van der Waals surface area contributed by atoms with E-state index in [0.29, 0.717) is 27.5 Å². The summed E-state index contributed by atoms with van der Waals surface area (Å²) >= 11 is 6.63. The highest BCUT2D eigenvalue weighted by atomic mass is 35.5. The molecule has 1 aliphatic heterocycles. The summed E-state index contributed by atoms with van der Waals surface area (Å²) in [6, 6.07) is 67.5. The van der Waals surface area contributed by atoms with Gasteiger partial charge >= 0.3 is 0 Å². The highest BCUT2D eigenvalue weighted by molar-refractivity contribution is 6.30. The Labute approximate surface area is 382 Å². The van der Waals surface area contributed by atoms with Gasteiger partial charge in [-0.1, -0.05) is 133 Å². The summed E-state index contributed by atoms with van der Waals surface area (Å²) in [5.74, 6) is 1.51. The quantitative estimate of drug-likeness (QED) is 0.150. The van der Waals surface area contributed by atoms with Gasteiger partial charge in [0, 0.05) is 10.7 Å². The smallest absolute Gasteiger partial charge is 0.187 e. The molecule has 0 bridgehead atoms. The summed E-state index contributed by atoms with van der Waals surface area (Å²) in [4.78, 5) is 9.66. The summed E-state index contributed by atoms with van der Waals surface area (Å²) in [7, 11) is 0. The van der Waals surface area contributed by atoms with Crippen LogP contribution in [0.5, 0.6) is 11.5 Å². The number of ether oxygens (including phenoxy) is 1. The van der Waals surface area contributed by atoms with E-state index in [1.165, 1.54) is 0 Å². The first-order valence-electron chi connectivity index (χ1n) is 20.7. The molecule has 65 heavy (non-hydrogen) atoms. The van der Waals surface area contributed by atoms with Crippen LogP contribution in [0.2, 0.25) is 5.02 Å². The van der Waals surface area contributed by atoms with Gasteiger partial charge in [0.1, 0.15) is 0 Å². The van der Waals surface area contributed by atoms with E-state index in [2.05, 4.69) is 63.1 Å². The fraction of sp³-hybridized carbons (Fsp3) is 0. The monoisotopic (exact) mass is 849 g/mol. The van der Waals surface area contributed by atoms with Crippen molar-refractivity contribution in [2.45, 2.75) is 0 Å². The van der Waals surface area contributed by atoms with Crippen LogP contribution >= 0.6 is 11.6 Å². The molecule has 302 valence electrons. The summed E-state index contributed by atoms with van der Waals surface area (Å²) in [5.41, 5.74) is 15.5. The normalized spacial score (nSPS) is 11.2. The molecule has 6 nitrogen and oxygen atoms in total. The molecular weight excluding hydrogens is 818 g/mol. The number of para-hydroxylation sites is 4. The minimum atomic E-state index is 0.504. The number of benzene rings is 9. The van der Waals surface area contributed by atoms with Crippen molar-refractivity contribution in [2.24, 2.45) is 0 Å². The third-order valence-corrected chi connectivity index (χ3v) is 11.9. The number of nitriles is 2. The van der Waals surface area contributed by atoms with E-state index in [1.807, 2.05) is 158 Å². The van der Waals surface area contributed by atoms with Crippen LogP contribution in [0.15, 0.2) is 194 Å². The van der Waals surface area contributed by atoms with Gasteiger partial charge in [0.05, 0.1) is 47.8 Å². The lowest BCUT2D eigenvalue weighted by Gasteiger charge is -2.33. The molecule has 0 saturated carbocycles. The molecule has 9 aromatic carbocycles. The Bertz CT molecular complexity index is 3420. The molecule has 0 radical (unpaired) electrons. The number of anilines is 3. The fourth-order valence-corrected chi connectivity index (χ4v) is 8.81. The van der Waals surface area contributed by atoms with Crippen LogP contribution in [-0.2, 0) is 0 Å². The minimum Gasteiger partial charge on any atom is -0.453 e. The maximum absolute atomic E-state index is 9.98. The first kappa shape index (κ1) is 39.9. The lowest BCUT2D eigenvalue weighted by Crippen LogP contribution is -2.15. The van der Waals surface area contributed by atoms with Crippen molar-refractivity contribution in [1.82, 2.24) is 0 Å². The van der Waals surface area contributed by atoms with Crippen LogP contribution in [0.1, 0.15) is 11.1 Å². The molecule has 1 aliphatic rings. The maximum atomic E-state index is 9.98.